The van der Waals surface area contributed by atoms with Gasteiger partial charge in [0.15, 0.2) is 17.4 Å². The molecular weight excluding hydrogens is 359 g/mol. The summed E-state index contributed by atoms with van der Waals surface area (Å²) in [5.41, 5.74) is 0.416. The number of pyridine rings is 1. The third kappa shape index (κ3) is 4.17. The van der Waals surface area contributed by atoms with Crippen LogP contribution < -0.4 is 15.4 Å². The van der Waals surface area contributed by atoms with Gasteiger partial charge in [-0.1, -0.05) is 6.07 Å². The van der Waals surface area contributed by atoms with Crippen LogP contribution in [-0.2, 0) is 0 Å². The van der Waals surface area contributed by atoms with Crippen molar-refractivity contribution in [3.05, 3.63) is 77.7 Å². The first-order valence-corrected chi connectivity index (χ1v) is 7.80. The fourth-order valence-electron chi connectivity index (χ4n) is 2.42. The first kappa shape index (κ1) is 18.2. The number of ether oxygens (including phenoxy) is 1. The smallest absolute Gasteiger partial charge is 0.259 e. The van der Waals surface area contributed by atoms with Gasteiger partial charge in [-0.25, -0.2) is 18.2 Å². The molecule has 0 spiro atoms. The van der Waals surface area contributed by atoms with Gasteiger partial charge in [-0.2, -0.15) is 0 Å². The Hall–Kier alpha value is -3.55. The Morgan fingerprint density at radius 2 is 1.74 bits per heavy atom. The highest BCUT2D eigenvalue weighted by atomic mass is 19.1. The highest BCUT2D eigenvalue weighted by Gasteiger charge is 2.16. The van der Waals surface area contributed by atoms with Crippen molar-refractivity contribution < 1.29 is 22.7 Å². The second-order valence-corrected chi connectivity index (χ2v) is 5.46. The number of carbonyl (C=O) groups excluding carboxylic acids is 1. The van der Waals surface area contributed by atoms with Crippen molar-refractivity contribution >= 4 is 23.1 Å². The van der Waals surface area contributed by atoms with Crippen LogP contribution in [-0.4, -0.2) is 18.0 Å². The van der Waals surface area contributed by atoms with E-state index in [1.165, 1.54) is 36.5 Å². The van der Waals surface area contributed by atoms with Gasteiger partial charge in [-0.3, -0.25) is 4.79 Å². The molecule has 0 saturated carbocycles. The summed E-state index contributed by atoms with van der Waals surface area (Å²) in [6.45, 7) is 0. The van der Waals surface area contributed by atoms with Crippen LogP contribution in [0.3, 0.4) is 0 Å². The molecule has 1 aromatic heterocycles. The largest absolute Gasteiger partial charge is 0.491 e. The number of hydrogen-bond donors (Lipinski definition) is 2. The maximum absolute atomic E-state index is 13.8. The fourth-order valence-corrected chi connectivity index (χ4v) is 2.42. The van der Waals surface area contributed by atoms with Crippen LogP contribution in [0.5, 0.6) is 5.75 Å². The molecule has 8 heteroatoms. The SMILES string of the molecule is COc1c(F)cc(NC(=O)c2cccnc2Nc2cccc(F)c2)cc1F. The summed E-state index contributed by atoms with van der Waals surface area (Å²) in [5, 5.41) is 5.24. The Kier molecular flexibility index (Phi) is 5.25. The minimum atomic E-state index is -0.947. The minimum Gasteiger partial charge on any atom is -0.491 e. The molecule has 3 aromatic rings. The zero-order valence-corrected chi connectivity index (χ0v) is 14.1. The molecule has 2 N–H and O–H groups in total. The third-order valence-corrected chi connectivity index (χ3v) is 3.60. The number of methoxy groups -OCH3 is 1. The Labute approximate surface area is 152 Å². The average molecular weight is 373 g/mol. The van der Waals surface area contributed by atoms with Crippen LogP contribution in [0.2, 0.25) is 0 Å². The maximum atomic E-state index is 13.8. The second-order valence-electron chi connectivity index (χ2n) is 5.46. The lowest BCUT2D eigenvalue weighted by atomic mass is 10.2. The number of nitrogens with one attached hydrogen (secondary N) is 2. The zero-order valence-electron chi connectivity index (χ0n) is 14.1. The van der Waals surface area contributed by atoms with Crippen molar-refractivity contribution in [2.45, 2.75) is 0 Å². The monoisotopic (exact) mass is 373 g/mol. The molecule has 0 bridgehead atoms. The van der Waals surface area contributed by atoms with E-state index >= 15 is 0 Å². The normalized spacial score (nSPS) is 10.4. The molecule has 3 rings (SSSR count). The lowest BCUT2D eigenvalue weighted by Gasteiger charge is -2.12. The number of hydrogen-bond acceptors (Lipinski definition) is 4. The molecule has 5 nitrogen and oxygen atoms in total. The van der Waals surface area contributed by atoms with Gasteiger partial charge in [0.05, 0.1) is 12.7 Å². The van der Waals surface area contributed by atoms with E-state index in [0.29, 0.717) is 5.69 Å². The molecule has 0 fully saturated rings. The second kappa shape index (κ2) is 7.77. The number of nitrogens with zero attached hydrogens (tertiary/aromatic N) is 1. The van der Waals surface area contributed by atoms with Crippen molar-refractivity contribution in [2.75, 3.05) is 17.7 Å². The molecule has 1 heterocycles. The van der Waals surface area contributed by atoms with Crippen molar-refractivity contribution in [2.24, 2.45) is 0 Å². The quantitative estimate of drug-likeness (QED) is 0.691. The number of benzene rings is 2. The molecule has 0 aliphatic heterocycles. The Morgan fingerprint density at radius 3 is 2.41 bits per heavy atom. The number of rotatable bonds is 5. The van der Waals surface area contributed by atoms with E-state index in [9.17, 15) is 18.0 Å². The zero-order chi connectivity index (χ0) is 19.4. The third-order valence-electron chi connectivity index (χ3n) is 3.60. The molecule has 0 radical (unpaired) electrons. The van der Waals surface area contributed by atoms with Gasteiger partial charge >= 0.3 is 0 Å². The summed E-state index contributed by atoms with van der Waals surface area (Å²) in [4.78, 5) is 16.6. The number of carbonyl (C=O) groups is 1. The van der Waals surface area contributed by atoms with E-state index in [1.54, 1.807) is 6.07 Å². The van der Waals surface area contributed by atoms with Crippen LogP contribution in [0, 0.1) is 17.5 Å². The van der Waals surface area contributed by atoms with Gasteiger partial charge < -0.3 is 15.4 Å². The van der Waals surface area contributed by atoms with Gasteiger partial charge in [-0.15, -0.1) is 0 Å². The van der Waals surface area contributed by atoms with E-state index in [4.69, 9.17) is 0 Å². The van der Waals surface area contributed by atoms with Crippen molar-refractivity contribution in [1.29, 1.82) is 0 Å². The lowest BCUT2D eigenvalue weighted by molar-refractivity contribution is 0.102. The van der Waals surface area contributed by atoms with Gasteiger partial charge in [-0.05, 0) is 30.3 Å². The number of halogens is 3. The first-order chi connectivity index (χ1) is 13.0. The van der Waals surface area contributed by atoms with Crippen LogP contribution in [0.25, 0.3) is 0 Å². The standard InChI is InChI=1S/C19H14F3N3O2/c1-27-17-15(21)9-13(10-16(17)22)25-19(26)14-6-3-7-23-18(14)24-12-5-2-4-11(20)8-12/h2-10H,1H3,(H,23,24)(H,25,26). The summed E-state index contributed by atoms with van der Waals surface area (Å²) in [7, 11) is 1.14. The van der Waals surface area contributed by atoms with E-state index < -0.39 is 29.1 Å². The Balaban J connectivity index is 1.85. The molecule has 2 aromatic carbocycles. The molecule has 0 saturated heterocycles. The predicted molar refractivity (Wildman–Crippen MR) is 94.8 cm³/mol. The number of amides is 1. The van der Waals surface area contributed by atoms with Gasteiger partial charge in [0.25, 0.3) is 5.91 Å². The van der Waals surface area contributed by atoms with Gasteiger partial charge in [0, 0.05) is 29.7 Å². The summed E-state index contributed by atoms with van der Waals surface area (Å²) in [6, 6.07) is 10.5. The molecule has 0 atom stereocenters. The fraction of sp³-hybridized carbons (Fsp3) is 0.0526. The molecule has 138 valence electrons. The summed E-state index contributed by atoms with van der Waals surface area (Å²) < 4.78 is 45.5. The maximum Gasteiger partial charge on any atom is 0.259 e. The van der Waals surface area contributed by atoms with E-state index in [-0.39, 0.29) is 17.1 Å². The molecule has 0 aliphatic carbocycles. The lowest BCUT2D eigenvalue weighted by Crippen LogP contribution is -2.15. The molecule has 27 heavy (non-hydrogen) atoms. The van der Waals surface area contributed by atoms with Gasteiger partial charge in [0.2, 0.25) is 0 Å². The highest BCUT2D eigenvalue weighted by Crippen LogP contribution is 2.26. The highest BCUT2D eigenvalue weighted by molar-refractivity contribution is 6.07. The summed E-state index contributed by atoms with van der Waals surface area (Å²) in [6.07, 6.45) is 1.45. The van der Waals surface area contributed by atoms with Crippen molar-refractivity contribution in [3.63, 3.8) is 0 Å². The molecule has 0 unspecified atom stereocenters. The average Bonchev–Trinajstić information content (AvgIpc) is 2.62. The van der Waals surface area contributed by atoms with E-state index in [0.717, 1.165) is 19.2 Å². The van der Waals surface area contributed by atoms with Crippen molar-refractivity contribution in [1.82, 2.24) is 4.98 Å². The van der Waals surface area contributed by atoms with Crippen LogP contribution in [0.15, 0.2) is 54.7 Å². The van der Waals surface area contributed by atoms with E-state index in [1.807, 2.05) is 0 Å². The summed E-state index contributed by atoms with van der Waals surface area (Å²) >= 11 is 0. The minimum absolute atomic E-state index is 0.0867. The first-order valence-electron chi connectivity index (χ1n) is 7.80. The Bertz CT molecular complexity index is 972. The number of anilines is 3. The van der Waals surface area contributed by atoms with Crippen molar-refractivity contribution in [3.8, 4) is 5.75 Å². The Morgan fingerprint density at radius 1 is 1.00 bits per heavy atom. The van der Waals surface area contributed by atoms with Crippen LogP contribution >= 0.6 is 0 Å². The number of aromatic nitrogens is 1. The van der Waals surface area contributed by atoms with E-state index in [2.05, 4.69) is 20.4 Å². The molecule has 1 amide bonds. The topological polar surface area (TPSA) is 63.2 Å². The summed E-state index contributed by atoms with van der Waals surface area (Å²) in [5.74, 6) is -3.37. The predicted octanol–water partition coefficient (Wildman–Crippen LogP) is 4.50. The van der Waals surface area contributed by atoms with Crippen LogP contribution in [0.1, 0.15) is 10.4 Å². The van der Waals surface area contributed by atoms with Gasteiger partial charge in [0.1, 0.15) is 11.6 Å². The molecular formula is C19H14F3N3O2. The van der Waals surface area contributed by atoms with Crippen LogP contribution in [0.4, 0.5) is 30.4 Å². The molecule has 0 aliphatic rings.